The molecule has 0 fully saturated rings. The number of anilines is 2. The molecule has 10 nitrogen and oxygen atoms in total. The number of hydrogen-bond donors (Lipinski definition) is 0. The van der Waals surface area contributed by atoms with Crippen LogP contribution in [-0.4, -0.2) is 51.2 Å². The minimum Gasteiger partial charge on any atom is -0.383 e. The highest BCUT2D eigenvalue weighted by Crippen LogP contribution is 2.22. The van der Waals surface area contributed by atoms with Crippen LogP contribution >= 0.6 is 0 Å². The summed E-state index contributed by atoms with van der Waals surface area (Å²) in [6.07, 6.45) is 0. The van der Waals surface area contributed by atoms with Crippen molar-refractivity contribution in [3.05, 3.63) is 48.5 Å². The van der Waals surface area contributed by atoms with Crippen LogP contribution in [0.3, 0.4) is 0 Å². The number of azo groups is 2. The van der Waals surface area contributed by atoms with Gasteiger partial charge in [-0.25, -0.2) is 4.57 Å². The Bertz CT molecular complexity index is 1070. The Morgan fingerprint density at radius 1 is 0.875 bits per heavy atom. The lowest BCUT2D eigenvalue weighted by atomic mass is 10.2. The summed E-state index contributed by atoms with van der Waals surface area (Å²) in [6, 6.07) is 15.7. The minimum atomic E-state index is 0.436. The topological polar surface area (TPSA) is 86.8 Å². The summed E-state index contributed by atoms with van der Waals surface area (Å²) in [7, 11) is 11.3. The van der Waals surface area contributed by atoms with Crippen LogP contribution in [0.2, 0.25) is 0 Å². The fraction of sp³-hybridized carbons (Fsp3) is 0.364. The van der Waals surface area contributed by atoms with Crippen LogP contribution in [-0.2, 0) is 18.8 Å². The molecule has 3 rings (SSSR count). The lowest BCUT2D eigenvalue weighted by molar-refractivity contribution is -0.646. The number of benzene rings is 2. The predicted molar refractivity (Wildman–Crippen MR) is 125 cm³/mol. The SMILES string of the molecule is COCCN(C)c1ccc(N=Nc2nn(C)c(N=Nc3ccc(N(C)C)cc3)[n+]2C)cc1. The van der Waals surface area contributed by atoms with Gasteiger partial charge in [0.15, 0.2) is 0 Å². The van der Waals surface area contributed by atoms with Crippen LogP contribution in [0.25, 0.3) is 0 Å². The quantitative estimate of drug-likeness (QED) is 0.371. The molecule has 1 aromatic heterocycles. The molecule has 0 saturated heterocycles. The molecule has 0 aliphatic carbocycles. The van der Waals surface area contributed by atoms with Gasteiger partial charge in [-0.2, -0.15) is 0 Å². The summed E-state index contributed by atoms with van der Waals surface area (Å²) in [5.41, 5.74) is 3.69. The second-order valence-electron chi connectivity index (χ2n) is 7.52. The van der Waals surface area contributed by atoms with Crippen molar-refractivity contribution >= 4 is 34.6 Å². The summed E-state index contributed by atoms with van der Waals surface area (Å²) in [4.78, 5) is 4.15. The third-order valence-corrected chi connectivity index (χ3v) is 4.93. The van der Waals surface area contributed by atoms with Gasteiger partial charge in [0.1, 0.15) is 0 Å². The standard InChI is InChI=1S/C22H30N9O/c1-28(2)19-11-7-18(8-12-19)24-26-22-30(4)21(27-31(22)5)25-23-17-9-13-20(14-10-17)29(3)15-16-32-6/h7-14H,15-16H2,1-6H3/q+1. The number of likely N-dealkylation sites (N-methyl/N-ethyl adjacent to an activating group) is 1. The number of aryl methyl sites for hydroxylation is 1. The van der Waals surface area contributed by atoms with E-state index in [9.17, 15) is 0 Å². The molecular formula is C22H30N9O+. The van der Waals surface area contributed by atoms with E-state index in [0.29, 0.717) is 18.5 Å². The lowest BCUT2D eigenvalue weighted by Gasteiger charge is -2.18. The molecular weight excluding hydrogens is 406 g/mol. The first-order valence-electron chi connectivity index (χ1n) is 10.2. The second-order valence-corrected chi connectivity index (χ2v) is 7.52. The molecule has 10 heteroatoms. The van der Waals surface area contributed by atoms with Crippen LogP contribution < -0.4 is 14.4 Å². The van der Waals surface area contributed by atoms with Gasteiger partial charge < -0.3 is 14.5 Å². The Labute approximate surface area is 188 Å². The fourth-order valence-corrected chi connectivity index (χ4v) is 2.92. The van der Waals surface area contributed by atoms with E-state index >= 15 is 0 Å². The Morgan fingerprint density at radius 3 is 2.00 bits per heavy atom. The Hall–Kier alpha value is -3.66. The number of methoxy groups -OCH3 is 1. The van der Waals surface area contributed by atoms with Crippen molar-refractivity contribution in [3.8, 4) is 0 Å². The Balaban J connectivity index is 1.71. The molecule has 32 heavy (non-hydrogen) atoms. The second kappa shape index (κ2) is 10.6. The van der Waals surface area contributed by atoms with Crippen LogP contribution in [0.1, 0.15) is 0 Å². The first-order valence-corrected chi connectivity index (χ1v) is 10.2. The third kappa shape index (κ3) is 5.73. The van der Waals surface area contributed by atoms with Gasteiger partial charge in [-0.3, -0.25) is 0 Å². The maximum atomic E-state index is 5.12. The molecule has 3 aromatic rings. The number of hydrogen-bond acceptors (Lipinski definition) is 8. The maximum Gasteiger partial charge on any atom is 0.404 e. The van der Waals surface area contributed by atoms with Crippen molar-refractivity contribution in [2.24, 2.45) is 34.6 Å². The van der Waals surface area contributed by atoms with E-state index < -0.39 is 0 Å². The van der Waals surface area contributed by atoms with Gasteiger partial charge in [0, 0.05) is 58.3 Å². The van der Waals surface area contributed by atoms with E-state index in [2.05, 4.69) is 30.5 Å². The average Bonchev–Trinajstić information content (AvgIpc) is 3.07. The van der Waals surface area contributed by atoms with Gasteiger partial charge in [0.25, 0.3) is 0 Å². The number of nitrogens with zero attached hydrogens (tertiary/aromatic N) is 9. The van der Waals surface area contributed by atoms with E-state index in [0.717, 1.165) is 29.3 Å². The summed E-state index contributed by atoms with van der Waals surface area (Å²) in [6.45, 7) is 1.49. The van der Waals surface area contributed by atoms with E-state index in [1.54, 1.807) is 23.4 Å². The number of aromatic nitrogens is 3. The molecule has 168 valence electrons. The zero-order chi connectivity index (χ0) is 23.1. The number of ether oxygens (including phenoxy) is 1. The van der Waals surface area contributed by atoms with Crippen molar-refractivity contribution in [1.82, 2.24) is 9.78 Å². The highest BCUT2D eigenvalue weighted by Gasteiger charge is 2.19. The highest BCUT2D eigenvalue weighted by atomic mass is 16.5. The minimum absolute atomic E-state index is 0.436. The van der Waals surface area contributed by atoms with E-state index in [4.69, 9.17) is 4.74 Å². The van der Waals surface area contributed by atoms with Gasteiger partial charge in [0.05, 0.1) is 25.0 Å². The van der Waals surface area contributed by atoms with Crippen LogP contribution in [0.4, 0.5) is 34.6 Å². The normalized spacial score (nSPS) is 11.6. The predicted octanol–water partition coefficient (Wildman–Crippen LogP) is 4.22. The molecule has 0 radical (unpaired) electrons. The third-order valence-electron chi connectivity index (χ3n) is 4.93. The molecule has 0 bridgehead atoms. The summed E-state index contributed by atoms with van der Waals surface area (Å²) >= 11 is 0. The maximum absolute atomic E-state index is 5.12. The van der Waals surface area contributed by atoms with E-state index in [1.807, 2.05) is 81.6 Å². The Morgan fingerprint density at radius 2 is 1.44 bits per heavy atom. The summed E-state index contributed by atoms with van der Waals surface area (Å²) in [5, 5.41) is 21.6. The molecule has 0 N–H and O–H groups in total. The first kappa shape index (κ1) is 23.0. The molecule has 0 spiro atoms. The van der Waals surface area contributed by atoms with E-state index in [1.165, 1.54) is 0 Å². The monoisotopic (exact) mass is 436 g/mol. The summed E-state index contributed by atoms with van der Waals surface area (Å²) < 4.78 is 8.49. The molecule has 2 aromatic carbocycles. The number of rotatable bonds is 9. The van der Waals surface area contributed by atoms with Gasteiger partial charge in [0.2, 0.25) is 0 Å². The van der Waals surface area contributed by atoms with Crippen LogP contribution in [0.5, 0.6) is 0 Å². The van der Waals surface area contributed by atoms with Crippen LogP contribution in [0, 0.1) is 0 Å². The Kier molecular flexibility index (Phi) is 7.61. The molecule has 1 heterocycles. The lowest BCUT2D eigenvalue weighted by Crippen LogP contribution is -2.26. The highest BCUT2D eigenvalue weighted by molar-refractivity contribution is 5.52. The van der Waals surface area contributed by atoms with Crippen molar-refractivity contribution in [2.45, 2.75) is 0 Å². The molecule has 0 unspecified atom stereocenters. The zero-order valence-electron chi connectivity index (χ0n) is 19.5. The summed E-state index contributed by atoms with van der Waals surface area (Å²) in [5.74, 6) is 0.997. The molecule has 0 aliphatic heterocycles. The molecule has 0 atom stereocenters. The smallest absolute Gasteiger partial charge is 0.383 e. The van der Waals surface area contributed by atoms with Gasteiger partial charge >= 0.3 is 11.9 Å². The van der Waals surface area contributed by atoms with Gasteiger partial charge in [-0.1, -0.05) is 0 Å². The molecule has 0 amide bonds. The van der Waals surface area contributed by atoms with Crippen LogP contribution in [0.15, 0.2) is 69.0 Å². The molecule has 0 saturated carbocycles. The average molecular weight is 437 g/mol. The largest absolute Gasteiger partial charge is 0.404 e. The fourth-order valence-electron chi connectivity index (χ4n) is 2.92. The van der Waals surface area contributed by atoms with Crippen molar-refractivity contribution < 1.29 is 9.30 Å². The zero-order valence-corrected chi connectivity index (χ0v) is 19.5. The van der Waals surface area contributed by atoms with Crippen molar-refractivity contribution in [2.75, 3.05) is 51.2 Å². The van der Waals surface area contributed by atoms with Crippen molar-refractivity contribution in [3.63, 3.8) is 0 Å². The first-order chi connectivity index (χ1) is 15.4. The van der Waals surface area contributed by atoms with Crippen molar-refractivity contribution in [1.29, 1.82) is 0 Å². The van der Waals surface area contributed by atoms with E-state index in [-0.39, 0.29) is 0 Å². The molecule has 0 aliphatic rings. The van der Waals surface area contributed by atoms with Gasteiger partial charge in [-0.05, 0) is 58.8 Å². The van der Waals surface area contributed by atoms with Gasteiger partial charge in [-0.15, -0.1) is 14.9 Å².